The summed E-state index contributed by atoms with van der Waals surface area (Å²) < 4.78 is 34.4. The Hall–Kier alpha value is -1.11. The van der Waals surface area contributed by atoms with E-state index in [9.17, 15) is 18.1 Å². The van der Waals surface area contributed by atoms with Crippen LogP contribution in [0.1, 0.15) is 115 Å². The fourth-order valence-electron chi connectivity index (χ4n) is 3.90. The van der Waals surface area contributed by atoms with Crippen LogP contribution in [0.4, 0.5) is 0 Å². The first-order chi connectivity index (χ1) is 13.9. The third-order valence-electron chi connectivity index (χ3n) is 5.69. The Morgan fingerprint density at radius 1 is 0.733 bits per heavy atom. The molecule has 0 atom stereocenters. The molecule has 0 saturated carbocycles. The molecule has 0 aliphatic rings. The molecule has 30 heavy (non-hydrogen) atoms. The predicted octanol–water partition coefficient (Wildman–Crippen LogP) is 7.26. The van der Waals surface area contributed by atoms with Crippen molar-refractivity contribution in [1.29, 1.82) is 0 Å². The van der Waals surface area contributed by atoms with Crippen molar-refractivity contribution in [2.75, 3.05) is 0 Å². The quantitative estimate of drug-likeness (QED) is 0.195. The van der Waals surface area contributed by atoms with Crippen molar-refractivity contribution in [1.82, 2.24) is 6.15 Å². The minimum absolute atomic E-state index is 0. The fourth-order valence-corrected chi connectivity index (χ4v) is 4.50. The van der Waals surface area contributed by atoms with Gasteiger partial charge in [-0.25, -0.2) is 8.42 Å². The standard InChI is InChI=1S/C24H42O4S.H3N/c1-3-5-7-9-11-13-15-17-21-19-20-23(29(26,27)28)24(25)22(21)18-16-14-12-10-8-6-4-2;/h19-20,25H,3-18H2,1-2H3,(H,26,27,28);1H3. The van der Waals surface area contributed by atoms with Gasteiger partial charge in [0.1, 0.15) is 15.9 Å². The lowest BCUT2D eigenvalue weighted by Crippen LogP contribution is -2.04. The topological polar surface area (TPSA) is 114 Å². The van der Waals surface area contributed by atoms with Crippen LogP contribution in [0.3, 0.4) is 0 Å². The number of hydrogen-bond acceptors (Lipinski definition) is 4. The molecule has 0 aliphatic heterocycles. The van der Waals surface area contributed by atoms with Gasteiger partial charge in [0.25, 0.3) is 0 Å². The summed E-state index contributed by atoms with van der Waals surface area (Å²) in [4.78, 5) is -0.473. The van der Waals surface area contributed by atoms with E-state index in [4.69, 9.17) is 0 Å². The molecule has 176 valence electrons. The van der Waals surface area contributed by atoms with E-state index < -0.39 is 15.0 Å². The van der Waals surface area contributed by atoms with Crippen LogP contribution in [-0.2, 0) is 23.0 Å². The van der Waals surface area contributed by atoms with Gasteiger partial charge in [-0.15, -0.1) is 0 Å². The summed E-state index contributed by atoms with van der Waals surface area (Å²) >= 11 is 0. The van der Waals surface area contributed by atoms with E-state index >= 15 is 0 Å². The van der Waals surface area contributed by atoms with Gasteiger partial charge in [0, 0.05) is 0 Å². The minimum atomic E-state index is -4.66. The van der Waals surface area contributed by atoms with Gasteiger partial charge in [0.15, 0.2) is 0 Å². The molecule has 6 heteroatoms. The SMILES string of the molecule is CCCCCCCCCc1ccc(S(=O)(=O)[O-])c(O)c1CCCCCCCCC.[NH4+]. The molecule has 0 heterocycles. The van der Waals surface area contributed by atoms with Crippen LogP contribution in [0.5, 0.6) is 5.75 Å². The summed E-state index contributed by atoms with van der Waals surface area (Å²) in [6.07, 6.45) is 18.0. The third kappa shape index (κ3) is 11.3. The highest BCUT2D eigenvalue weighted by Gasteiger charge is 2.16. The number of benzene rings is 1. The Kier molecular flexibility index (Phi) is 16.0. The number of aromatic hydroxyl groups is 1. The number of aryl methyl sites for hydroxylation is 1. The van der Waals surface area contributed by atoms with E-state index in [0.717, 1.165) is 44.1 Å². The van der Waals surface area contributed by atoms with Crippen molar-refractivity contribution in [3.63, 3.8) is 0 Å². The number of quaternary nitrogens is 1. The first-order valence-corrected chi connectivity index (χ1v) is 13.1. The van der Waals surface area contributed by atoms with Gasteiger partial charge in [-0.3, -0.25) is 0 Å². The highest BCUT2D eigenvalue weighted by Crippen LogP contribution is 2.32. The van der Waals surface area contributed by atoms with Crippen molar-refractivity contribution in [2.24, 2.45) is 0 Å². The van der Waals surface area contributed by atoms with Crippen molar-refractivity contribution in [2.45, 2.75) is 121 Å². The van der Waals surface area contributed by atoms with E-state index in [-0.39, 0.29) is 11.9 Å². The van der Waals surface area contributed by atoms with Crippen molar-refractivity contribution >= 4 is 10.1 Å². The van der Waals surface area contributed by atoms with E-state index in [1.807, 2.05) is 0 Å². The molecule has 5 nitrogen and oxygen atoms in total. The van der Waals surface area contributed by atoms with Gasteiger partial charge >= 0.3 is 0 Å². The Morgan fingerprint density at radius 2 is 1.17 bits per heavy atom. The van der Waals surface area contributed by atoms with E-state index in [1.165, 1.54) is 63.9 Å². The Bertz CT molecular complexity index is 674. The number of phenolic OH excluding ortho intramolecular Hbond substituents is 1. The summed E-state index contributed by atoms with van der Waals surface area (Å²) in [5, 5.41) is 10.5. The van der Waals surface area contributed by atoms with Gasteiger partial charge in [-0.05, 0) is 42.9 Å². The second-order valence-corrected chi connectivity index (χ2v) is 9.59. The Morgan fingerprint density at radius 3 is 1.63 bits per heavy atom. The molecule has 0 radical (unpaired) electrons. The monoisotopic (exact) mass is 443 g/mol. The highest BCUT2D eigenvalue weighted by atomic mass is 32.2. The molecule has 0 unspecified atom stereocenters. The summed E-state index contributed by atoms with van der Waals surface area (Å²) in [6.45, 7) is 4.41. The number of hydrogen-bond donors (Lipinski definition) is 2. The number of phenols is 1. The molecular formula is C24H45NO4S. The normalized spacial score (nSPS) is 11.4. The second kappa shape index (κ2) is 16.6. The molecule has 0 aliphatic carbocycles. The number of unbranched alkanes of at least 4 members (excludes halogenated alkanes) is 12. The summed E-state index contributed by atoms with van der Waals surface area (Å²) in [5.41, 5.74) is 1.66. The molecular weight excluding hydrogens is 398 g/mol. The molecule has 1 aromatic carbocycles. The lowest BCUT2D eigenvalue weighted by atomic mass is 9.95. The van der Waals surface area contributed by atoms with Crippen molar-refractivity contribution < 1.29 is 18.1 Å². The van der Waals surface area contributed by atoms with Crippen molar-refractivity contribution in [3.05, 3.63) is 23.3 Å². The van der Waals surface area contributed by atoms with Gasteiger partial charge in [0.05, 0.1) is 4.90 Å². The maximum atomic E-state index is 11.5. The average Bonchev–Trinajstić information content (AvgIpc) is 2.67. The molecule has 1 rings (SSSR count). The second-order valence-electron chi connectivity index (χ2n) is 8.25. The highest BCUT2D eigenvalue weighted by molar-refractivity contribution is 7.85. The predicted molar refractivity (Wildman–Crippen MR) is 125 cm³/mol. The summed E-state index contributed by atoms with van der Waals surface area (Å²) in [5.74, 6) is -0.313. The largest absolute Gasteiger partial charge is 0.744 e. The van der Waals surface area contributed by atoms with Gasteiger partial charge in [-0.1, -0.05) is 97.0 Å². The van der Waals surface area contributed by atoms with Crippen LogP contribution in [0.2, 0.25) is 0 Å². The Balaban J connectivity index is 0.00000841. The Labute approximate surface area is 185 Å². The molecule has 0 fully saturated rings. The lowest BCUT2D eigenvalue weighted by molar-refractivity contribution is 0.429. The molecule has 5 N–H and O–H groups in total. The lowest BCUT2D eigenvalue weighted by Gasteiger charge is -2.17. The van der Waals surface area contributed by atoms with Gasteiger partial charge in [0.2, 0.25) is 0 Å². The van der Waals surface area contributed by atoms with Crippen LogP contribution < -0.4 is 6.15 Å². The van der Waals surface area contributed by atoms with E-state index in [2.05, 4.69) is 13.8 Å². The van der Waals surface area contributed by atoms with Crippen LogP contribution in [0.15, 0.2) is 17.0 Å². The van der Waals surface area contributed by atoms with E-state index in [1.54, 1.807) is 6.07 Å². The maximum absolute atomic E-state index is 11.5. The summed E-state index contributed by atoms with van der Waals surface area (Å²) in [6, 6.07) is 3.01. The van der Waals surface area contributed by atoms with Gasteiger partial charge < -0.3 is 15.8 Å². The zero-order valence-corrected chi connectivity index (χ0v) is 20.4. The molecule has 0 bridgehead atoms. The molecule has 1 aromatic rings. The van der Waals surface area contributed by atoms with E-state index in [0.29, 0.717) is 12.0 Å². The minimum Gasteiger partial charge on any atom is -0.744 e. The van der Waals surface area contributed by atoms with Crippen LogP contribution in [-0.4, -0.2) is 18.1 Å². The third-order valence-corrected chi connectivity index (χ3v) is 6.56. The molecule has 0 spiro atoms. The fraction of sp³-hybridized carbons (Fsp3) is 0.750. The zero-order valence-electron chi connectivity index (χ0n) is 19.5. The van der Waals surface area contributed by atoms with Crippen LogP contribution >= 0.6 is 0 Å². The van der Waals surface area contributed by atoms with Crippen LogP contribution in [0, 0.1) is 0 Å². The smallest absolute Gasteiger partial charge is 0.136 e. The average molecular weight is 444 g/mol. The number of rotatable bonds is 17. The zero-order chi connectivity index (χ0) is 21.5. The molecule has 0 amide bonds. The first-order valence-electron chi connectivity index (χ1n) is 11.7. The van der Waals surface area contributed by atoms with Crippen LogP contribution in [0.25, 0.3) is 0 Å². The summed E-state index contributed by atoms with van der Waals surface area (Å²) in [7, 11) is -4.66. The maximum Gasteiger partial charge on any atom is 0.136 e. The first kappa shape index (κ1) is 28.9. The molecule has 0 aromatic heterocycles. The van der Waals surface area contributed by atoms with Crippen molar-refractivity contribution in [3.8, 4) is 5.75 Å². The van der Waals surface area contributed by atoms with Gasteiger partial charge in [-0.2, -0.15) is 0 Å². The molecule has 0 saturated heterocycles.